The van der Waals surface area contributed by atoms with Crippen LogP contribution in [0.15, 0.2) is 12.7 Å². The van der Waals surface area contributed by atoms with Crippen LogP contribution < -0.4 is 0 Å². The van der Waals surface area contributed by atoms with Crippen molar-refractivity contribution in [2.24, 2.45) is 0 Å². The third-order valence-electron chi connectivity index (χ3n) is 2.03. The van der Waals surface area contributed by atoms with E-state index in [9.17, 15) is 4.79 Å². The Labute approximate surface area is 110 Å². The highest BCUT2D eigenvalue weighted by Crippen LogP contribution is 2.08. The van der Waals surface area contributed by atoms with Gasteiger partial charge in [-0.05, 0) is 6.42 Å². The van der Waals surface area contributed by atoms with Gasteiger partial charge in [0.25, 0.3) is 0 Å². The van der Waals surface area contributed by atoms with Crippen LogP contribution in [0, 0.1) is 0 Å². The summed E-state index contributed by atoms with van der Waals surface area (Å²) in [4.78, 5) is 10.7. The van der Waals surface area contributed by atoms with Crippen molar-refractivity contribution < 1.29 is 9.53 Å². The Morgan fingerprint density at radius 2 is 1.88 bits per heavy atom. The maximum absolute atomic E-state index is 10.7. The Bertz CT molecular complexity index is 198. The first-order valence-corrected chi connectivity index (χ1v) is 7.63. The van der Waals surface area contributed by atoms with Crippen molar-refractivity contribution >= 4 is 38.7 Å². The quantitative estimate of drug-likeness (QED) is 0.201. The van der Waals surface area contributed by atoms with E-state index in [4.69, 9.17) is 27.9 Å². The van der Waals surface area contributed by atoms with Crippen molar-refractivity contribution in [1.29, 1.82) is 0 Å². The second-order valence-corrected chi connectivity index (χ2v) is 6.71. The highest BCUT2D eigenvalue weighted by Gasteiger charge is 1.99. The van der Waals surface area contributed by atoms with Crippen molar-refractivity contribution in [2.75, 3.05) is 6.61 Å². The summed E-state index contributed by atoms with van der Waals surface area (Å²) in [5.74, 6) is -0.337. The zero-order chi connectivity index (χ0) is 12.2. The van der Waals surface area contributed by atoms with E-state index in [2.05, 4.69) is 6.58 Å². The third kappa shape index (κ3) is 12.1. The zero-order valence-corrected chi connectivity index (χ0v) is 11.9. The summed E-state index contributed by atoms with van der Waals surface area (Å²) >= 11 is 11.2. The Hall–Kier alpha value is 0.00688. The van der Waals surface area contributed by atoms with Gasteiger partial charge in [0.1, 0.15) is 0 Å². The molecule has 2 radical (unpaired) electrons. The lowest BCUT2D eigenvalue weighted by atomic mass is 10.2. The highest BCUT2D eigenvalue weighted by atomic mass is 35.5. The molecule has 0 aromatic carbocycles. The van der Waals surface area contributed by atoms with E-state index in [-0.39, 0.29) is 10.4 Å². The molecule has 0 aliphatic rings. The first-order valence-electron chi connectivity index (χ1n) is 5.47. The molecule has 0 N–H and O–H groups in total. The van der Waals surface area contributed by atoms with Gasteiger partial charge in [0.05, 0.1) is 20.6 Å². The average Bonchev–Trinajstić information content (AvgIpc) is 2.26. The predicted octanol–water partition coefficient (Wildman–Crippen LogP) is 3.55. The molecule has 0 fully saturated rings. The molecule has 0 saturated heterocycles. The third-order valence-corrected chi connectivity index (χ3v) is 3.91. The molecular formula is C11H18Cl2O2Si. The number of ether oxygens (including phenoxy) is 1. The largest absolute Gasteiger partial charge is 0.463 e. The maximum atomic E-state index is 10.7. The minimum Gasteiger partial charge on any atom is -0.463 e. The van der Waals surface area contributed by atoms with Crippen molar-refractivity contribution in [3.05, 3.63) is 12.7 Å². The summed E-state index contributed by atoms with van der Waals surface area (Å²) in [7, 11) is 0.648. The van der Waals surface area contributed by atoms with Crippen molar-refractivity contribution in [1.82, 2.24) is 0 Å². The van der Waals surface area contributed by atoms with Crippen molar-refractivity contribution in [3.63, 3.8) is 0 Å². The molecule has 0 rings (SSSR count). The summed E-state index contributed by atoms with van der Waals surface area (Å²) in [6.45, 7) is 3.83. The molecule has 0 amide bonds. The number of hydrogen-bond acceptors (Lipinski definition) is 2. The van der Waals surface area contributed by atoms with Gasteiger partial charge in [0.2, 0.25) is 0 Å². The van der Waals surface area contributed by atoms with Crippen LogP contribution >= 0.6 is 23.2 Å². The fraction of sp³-hybridized carbons (Fsp3) is 0.727. The van der Waals surface area contributed by atoms with Gasteiger partial charge in [0, 0.05) is 6.08 Å². The Balaban J connectivity index is 3.04. The Morgan fingerprint density at radius 3 is 2.50 bits per heavy atom. The van der Waals surface area contributed by atoms with E-state index in [1.165, 1.54) is 25.3 Å². The minimum absolute atomic E-state index is 0.196. The fourth-order valence-corrected chi connectivity index (χ4v) is 2.53. The number of esters is 1. The van der Waals surface area contributed by atoms with Crippen LogP contribution in [-0.2, 0) is 9.53 Å². The lowest BCUT2D eigenvalue weighted by molar-refractivity contribution is -0.137. The van der Waals surface area contributed by atoms with Crippen LogP contribution in [0.5, 0.6) is 0 Å². The first-order chi connectivity index (χ1) is 7.66. The van der Waals surface area contributed by atoms with Crippen LogP contribution in [0.1, 0.15) is 32.1 Å². The van der Waals surface area contributed by atoms with Gasteiger partial charge in [-0.15, -0.1) is 23.2 Å². The number of carbonyl (C=O) groups is 1. The number of hydrogen-bond donors (Lipinski definition) is 0. The van der Waals surface area contributed by atoms with Crippen LogP contribution in [0.25, 0.3) is 0 Å². The molecule has 92 valence electrons. The van der Waals surface area contributed by atoms with E-state index in [1.807, 2.05) is 0 Å². The molecule has 0 heterocycles. The molecule has 0 unspecified atom stereocenters. The number of halogens is 2. The molecule has 0 aliphatic heterocycles. The van der Waals surface area contributed by atoms with Crippen LogP contribution in [0.2, 0.25) is 6.04 Å². The normalized spacial score (nSPS) is 10.4. The van der Waals surface area contributed by atoms with Gasteiger partial charge >= 0.3 is 5.97 Å². The molecule has 5 heteroatoms. The van der Waals surface area contributed by atoms with Gasteiger partial charge in [0.15, 0.2) is 0 Å². The maximum Gasteiger partial charge on any atom is 0.330 e. The van der Waals surface area contributed by atoms with E-state index >= 15 is 0 Å². The molecule has 0 spiro atoms. The SMILES string of the molecule is C=CC(=O)OCCCCCCC[Si]C(Cl)Cl. The smallest absolute Gasteiger partial charge is 0.330 e. The predicted molar refractivity (Wildman–Crippen MR) is 70.3 cm³/mol. The summed E-state index contributed by atoms with van der Waals surface area (Å²) in [6.07, 6.45) is 6.76. The summed E-state index contributed by atoms with van der Waals surface area (Å²) in [5.41, 5.74) is 0. The van der Waals surface area contributed by atoms with Crippen LogP contribution in [0.4, 0.5) is 0 Å². The van der Waals surface area contributed by atoms with E-state index < -0.39 is 0 Å². The average molecular weight is 281 g/mol. The zero-order valence-electron chi connectivity index (χ0n) is 9.38. The molecule has 0 atom stereocenters. The second-order valence-electron chi connectivity index (χ2n) is 3.39. The van der Waals surface area contributed by atoms with Crippen LogP contribution in [-0.4, -0.2) is 26.6 Å². The van der Waals surface area contributed by atoms with Crippen molar-refractivity contribution in [3.8, 4) is 0 Å². The standard InChI is InChI=1S/C11H18Cl2O2Si/c1-2-10(14)15-8-6-4-3-5-7-9-16-11(12)13/h2,11H,1,3-9H2. The van der Waals surface area contributed by atoms with Gasteiger partial charge in [-0.1, -0.05) is 38.3 Å². The second kappa shape index (κ2) is 11.5. The summed E-state index contributed by atoms with van der Waals surface area (Å²) < 4.78 is 4.66. The van der Waals surface area contributed by atoms with Gasteiger partial charge in [-0.25, -0.2) is 4.79 Å². The Kier molecular flexibility index (Phi) is 11.5. The number of rotatable bonds is 10. The molecule has 16 heavy (non-hydrogen) atoms. The topological polar surface area (TPSA) is 26.3 Å². The summed E-state index contributed by atoms with van der Waals surface area (Å²) in [6, 6.07) is 1.11. The van der Waals surface area contributed by atoms with Crippen molar-refractivity contribution in [2.45, 2.75) is 42.6 Å². The lowest BCUT2D eigenvalue weighted by Crippen LogP contribution is -2.02. The first kappa shape index (κ1) is 16.0. The number of carbonyl (C=O) groups excluding carboxylic acids is 1. The van der Waals surface area contributed by atoms with Crippen LogP contribution in [0.3, 0.4) is 0 Å². The summed E-state index contributed by atoms with van der Waals surface area (Å²) in [5, 5.41) is 0. The molecule has 0 saturated carbocycles. The van der Waals surface area contributed by atoms with E-state index in [1.54, 1.807) is 0 Å². The molecule has 2 nitrogen and oxygen atoms in total. The fourth-order valence-electron chi connectivity index (χ4n) is 1.20. The number of alkyl halides is 2. The van der Waals surface area contributed by atoms with Gasteiger partial charge < -0.3 is 4.74 Å². The minimum atomic E-state index is -0.337. The van der Waals surface area contributed by atoms with Gasteiger partial charge in [-0.2, -0.15) is 0 Å². The molecule has 0 bridgehead atoms. The number of unbranched alkanes of at least 4 members (excludes halogenated alkanes) is 4. The Morgan fingerprint density at radius 1 is 1.25 bits per heavy atom. The molecule has 0 aliphatic carbocycles. The highest BCUT2D eigenvalue weighted by molar-refractivity contribution is 6.68. The molecule has 0 aromatic rings. The molecular weight excluding hydrogens is 263 g/mol. The monoisotopic (exact) mass is 280 g/mol. The van der Waals surface area contributed by atoms with E-state index in [0.717, 1.165) is 18.9 Å². The van der Waals surface area contributed by atoms with E-state index in [0.29, 0.717) is 16.1 Å². The van der Waals surface area contributed by atoms with Gasteiger partial charge in [-0.3, -0.25) is 0 Å². The lowest BCUT2D eigenvalue weighted by Gasteiger charge is -2.02. The molecule has 0 aromatic heterocycles.